The molecule has 1 aliphatic carbocycles. The lowest BCUT2D eigenvalue weighted by Gasteiger charge is -2.04. The Morgan fingerprint density at radius 1 is 1.37 bits per heavy atom. The number of carbonyl (C=O) groups excluding carboxylic acids is 2. The smallest absolute Gasteiger partial charge is 0.344 e. The van der Waals surface area contributed by atoms with E-state index in [1.54, 1.807) is 0 Å². The maximum Gasteiger partial charge on any atom is 0.344 e. The number of Topliss-reactive ketones (excluding diaryl/α,β-unsaturated/α-hetero) is 1. The van der Waals surface area contributed by atoms with E-state index in [1.807, 2.05) is 6.92 Å². The summed E-state index contributed by atoms with van der Waals surface area (Å²) in [6.07, 6.45) is 1.59. The molecule has 0 amide bonds. The first kappa shape index (κ1) is 13.3. The molecule has 2 N–H and O–H groups in total. The van der Waals surface area contributed by atoms with Crippen LogP contribution in [0.15, 0.2) is 23.8 Å². The lowest BCUT2D eigenvalue weighted by atomic mass is 10.1. The summed E-state index contributed by atoms with van der Waals surface area (Å²) >= 11 is 0. The van der Waals surface area contributed by atoms with Crippen LogP contribution in [0.25, 0.3) is 5.70 Å². The molecule has 0 spiro atoms. The number of fused-ring (bicyclic) bond motifs is 1. The molecule has 100 valence electrons. The highest BCUT2D eigenvalue weighted by atomic mass is 19.1. The molecule has 0 saturated heterocycles. The number of rotatable bonds is 4. The molecule has 5 heteroatoms. The number of ether oxygens (including phenoxy) is 1. The minimum Gasteiger partial charge on any atom is -0.462 e. The van der Waals surface area contributed by atoms with Gasteiger partial charge in [0.2, 0.25) is 5.78 Å². The highest BCUT2D eigenvalue weighted by Crippen LogP contribution is 2.30. The Hall–Kier alpha value is -2.17. The number of nitrogens with two attached hydrogens (primary N) is 1. The van der Waals surface area contributed by atoms with Crippen molar-refractivity contribution in [2.24, 2.45) is 5.73 Å². The van der Waals surface area contributed by atoms with Gasteiger partial charge >= 0.3 is 5.97 Å². The molecule has 1 aromatic carbocycles. The highest BCUT2D eigenvalue weighted by Gasteiger charge is 2.34. The lowest BCUT2D eigenvalue weighted by molar-refractivity contribution is -0.138. The van der Waals surface area contributed by atoms with E-state index in [0.29, 0.717) is 12.0 Å². The number of hydrogen-bond acceptors (Lipinski definition) is 4. The molecule has 0 atom stereocenters. The standard InChI is InChI=1S/C14H14FNO3/c1-2-3-6-19-14(18)11-12(16)9-5-4-8(15)7-10(9)13(11)17/h4-5,7H,2-3,6,16H2,1H3. The van der Waals surface area contributed by atoms with Crippen molar-refractivity contribution in [2.45, 2.75) is 19.8 Å². The van der Waals surface area contributed by atoms with E-state index >= 15 is 0 Å². The molecule has 0 bridgehead atoms. The fraction of sp³-hybridized carbons (Fsp3) is 0.286. The van der Waals surface area contributed by atoms with Gasteiger partial charge in [-0.2, -0.15) is 0 Å². The number of halogens is 1. The van der Waals surface area contributed by atoms with E-state index < -0.39 is 17.6 Å². The minimum atomic E-state index is -0.743. The van der Waals surface area contributed by atoms with E-state index in [2.05, 4.69) is 0 Å². The molecule has 1 aromatic rings. The van der Waals surface area contributed by atoms with Gasteiger partial charge in [-0.05, 0) is 24.6 Å². The average molecular weight is 263 g/mol. The maximum absolute atomic E-state index is 13.1. The highest BCUT2D eigenvalue weighted by molar-refractivity contribution is 6.33. The van der Waals surface area contributed by atoms with Gasteiger partial charge in [0.25, 0.3) is 0 Å². The summed E-state index contributed by atoms with van der Waals surface area (Å²) < 4.78 is 18.1. The summed E-state index contributed by atoms with van der Waals surface area (Å²) in [5.74, 6) is -1.86. The zero-order valence-electron chi connectivity index (χ0n) is 10.5. The minimum absolute atomic E-state index is 0.0569. The van der Waals surface area contributed by atoms with E-state index in [-0.39, 0.29) is 23.4 Å². The van der Waals surface area contributed by atoms with Crippen LogP contribution in [0.2, 0.25) is 0 Å². The predicted octanol–water partition coefficient (Wildman–Crippen LogP) is 2.04. The van der Waals surface area contributed by atoms with E-state index in [9.17, 15) is 14.0 Å². The third-order valence-electron chi connectivity index (χ3n) is 2.95. The summed E-state index contributed by atoms with van der Waals surface area (Å²) in [6, 6.07) is 3.67. The van der Waals surface area contributed by atoms with Crippen LogP contribution in [0.5, 0.6) is 0 Å². The third kappa shape index (κ3) is 2.36. The first-order valence-corrected chi connectivity index (χ1v) is 6.07. The molecule has 0 aliphatic heterocycles. The molecule has 1 aliphatic rings. The number of carbonyl (C=O) groups is 2. The monoisotopic (exact) mass is 263 g/mol. The van der Waals surface area contributed by atoms with Gasteiger partial charge in [0.1, 0.15) is 11.4 Å². The maximum atomic E-state index is 13.1. The molecule has 0 radical (unpaired) electrons. The molecule has 0 unspecified atom stereocenters. The number of benzene rings is 1. The van der Waals surface area contributed by atoms with Gasteiger partial charge in [0, 0.05) is 11.1 Å². The van der Waals surface area contributed by atoms with Crippen LogP contribution in [0.4, 0.5) is 4.39 Å². The van der Waals surface area contributed by atoms with Crippen molar-refractivity contribution in [2.75, 3.05) is 6.61 Å². The van der Waals surface area contributed by atoms with Gasteiger partial charge in [-0.15, -0.1) is 0 Å². The first-order chi connectivity index (χ1) is 9.06. The van der Waals surface area contributed by atoms with Crippen molar-refractivity contribution in [3.8, 4) is 0 Å². The number of hydrogen-bond donors (Lipinski definition) is 1. The normalized spacial score (nSPS) is 13.7. The Morgan fingerprint density at radius 2 is 2.11 bits per heavy atom. The van der Waals surface area contributed by atoms with Crippen LogP contribution in [-0.2, 0) is 9.53 Å². The van der Waals surface area contributed by atoms with Crippen molar-refractivity contribution in [1.82, 2.24) is 0 Å². The van der Waals surface area contributed by atoms with Crippen LogP contribution in [-0.4, -0.2) is 18.4 Å². The van der Waals surface area contributed by atoms with Crippen molar-refractivity contribution < 1.29 is 18.7 Å². The Labute approximate surface area is 110 Å². The van der Waals surface area contributed by atoms with Gasteiger partial charge in [-0.25, -0.2) is 9.18 Å². The number of esters is 1. The van der Waals surface area contributed by atoms with E-state index in [1.165, 1.54) is 12.1 Å². The first-order valence-electron chi connectivity index (χ1n) is 6.07. The molecular formula is C14H14FNO3. The third-order valence-corrected chi connectivity index (χ3v) is 2.95. The van der Waals surface area contributed by atoms with Gasteiger partial charge in [0.15, 0.2) is 0 Å². The largest absolute Gasteiger partial charge is 0.462 e. The Balaban J connectivity index is 2.26. The molecule has 4 nitrogen and oxygen atoms in total. The Kier molecular flexibility index (Phi) is 3.64. The number of ketones is 1. The number of unbranched alkanes of at least 4 members (excludes halogenated alkanes) is 1. The van der Waals surface area contributed by atoms with Gasteiger partial charge in [-0.1, -0.05) is 13.3 Å². The van der Waals surface area contributed by atoms with Gasteiger partial charge < -0.3 is 10.5 Å². The van der Waals surface area contributed by atoms with Crippen molar-refractivity contribution in [3.05, 3.63) is 40.7 Å². The van der Waals surface area contributed by atoms with Gasteiger partial charge in [-0.3, -0.25) is 4.79 Å². The van der Waals surface area contributed by atoms with Crippen LogP contribution in [0, 0.1) is 5.82 Å². The van der Waals surface area contributed by atoms with E-state index in [4.69, 9.17) is 10.5 Å². The lowest BCUT2D eigenvalue weighted by Crippen LogP contribution is -2.16. The SMILES string of the molecule is CCCCOC(=O)C1=C(N)c2ccc(F)cc2C1=O. The molecular weight excluding hydrogens is 249 g/mol. The van der Waals surface area contributed by atoms with Crippen LogP contribution >= 0.6 is 0 Å². The molecule has 0 saturated carbocycles. The van der Waals surface area contributed by atoms with Crippen molar-refractivity contribution >= 4 is 17.4 Å². The summed E-state index contributed by atoms with van der Waals surface area (Å²) in [5, 5.41) is 0. The van der Waals surface area contributed by atoms with Crippen LogP contribution in [0.1, 0.15) is 35.7 Å². The van der Waals surface area contributed by atoms with Crippen LogP contribution in [0.3, 0.4) is 0 Å². The fourth-order valence-corrected chi connectivity index (χ4v) is 1.91. The molecule has 19 heavy (non-hydrogen) atoms. The summed E-state index contributed by atoms with van der Waals surface area (Å²) in [7, 11) is 0. The fourth-order valence-electron chi connectivity index (χ4n) is 1.91. The molecule has 0 fully saturated rings. The van der Waals surface area contributed by atoms with Crippen molar-refractivity contribution in [3.63, 3.8) is 0 Å². The second-order valence-corrected chi connectivity index (χ2v) is 4.30. The van der Waals surface area contributed by atoms with Crippen molar-refractivity contribution in [1.29, 1.82) is 0 Å². The molecule has 0 heterocycles. The van der Waals surface area contributed by atoms with Gasteiger partial charge in [0.05, 0.1) is 12.3 Å². The predicted molar refractivity (Wildman–Crippen MR) is 67.7 cm³/mol. The summed E-state index contributed by atoms with van der Waals surface area (Å²) in [4.78, 5) is 23.8. The topological polar surface area (TPSA) is 69.4 Å². The average Bonchev–Trinajstić information content (AvgIpc) is 2.62. The van der Waals surface area contributed by atoms with Crippen LogP contribution < -0.4 is 5.73 Å². The molecule has 0 aromatic heterocycles. The quantitative estimate of drug-likeness (QED) is 0.512. The second-order valence-electron chi connectivity index (χ2n) is 4.30. The second kappa shape index (κ2) is 5.22. The summed E-state index contributed by atoms with van der Waals surface area (Å²) in [5.41, 5.74) is 6.13. The van der Waals surface area contributed by atoms with E-state index in [0.717, 1.165) is 12.5 Å². The zero-order chi connectivity index (χ0) is 14.0. The Morgan fingerprint density at radius 3 is 2.79 bits per heavy atom. The Bertz CT molecular complexity index is 578. The summed E-state index contributed by atoms with van der Waals surface area (Å²) in [6.45, 7) is 2.20. The molecule has 2 rings (SSSR count). The zero-order valence-corrected chi connectivity index (χ0v) is 10.5.